The third-order valence-corrected chi connectivity index (χ3v) is 5.70. The SMILES string of the molecule is CCCCc1nc(N)c2c(n1)C(CCCCCCN1CCC(F)CC1)=NC2. The Morgan fingerprint density at radius 2 is 1.81 bits per heavy atom. The largest absolute Gasteiger partial charge is 0.383 e. The van der Waals surface area contributed by atoms with E-state index in [1.807, 2.05) is 0 Å². The second-order valence-electron chi connectivity index (χ2n) is 7.90. The van der Waals surface area contributed by atoms with E-state index in [9.17, 15) is 4.39 Å². The third kappa shape index (κ3) is 5.71. The lowest BCUT2D eigenvalue weighted by Crippen LogP contribution is -2.35. The molecule has 27 heavy (non-hydrogen) atoms. The Bertz CT molecular complexity index is 638. The topological polar surface area (TPSA) is 67.4 Å². The number of anilines is 1. The van der Waals surface area contributed by atoms with Crippen molar-refractivity contribution in [2.75, 3.05) is 25.4 Å². The van der Waals surface area contributed by atoms with Crippen LogP contribution in [0.1, 0.15) is 81.8 Å². The minimum Gasteiger partial charge on any atom is -0.383 e. The van der Waals surface area contributed by atoms with Gasteiger partial charge in [-0.15, -0.1) is 0 Å². The second-order valence-corrected chi connectivity index (χ2v) is 7.90. The van der Waals surface area contributed by atoms with Gasteiger partial charge in [-0.25, -0.2) is 14.4 Å². The van der Waals surface area contributed by atoms with Gasteiger partial charge in [-0.1, -0.05) is 26.2 Å². The molecule has 2 aliphatic heterocycles. The molecule has 2 N–H and O–H groups in total. The van der Waals surface area contributed by atoms with Gasteiger partial charge < -0.3 is 10.6 Å². The predicted octanol–water partition coefficient (Wildman–Crippen LogP) is 4.09. The molecule has 0 spiro atoms. The molecule has 3 rings (SSSR count). The number of nitrogen functional groups attached to an aromatic ring is 1. The maximum absolute atomic E-state index is 13.2. The van der Waals surface area contributed by atoms with Crippen molar-refractivity contribution >= 4 is 11.5 Å². The van der Waals surface area contributed by atoms with Gasteiger partial charge in [0.1, 0.15) is 17.8 Å². The zero-order chi connectivity index (χ0) is 19.1. The molecule has 0 bridgehead atoms. The molecule has 3 heterocycles. The van der Waals surface area contributed by atoms with Crippen LogP contribution in [-0.2, 0) is 13.0 Å². The average molecular weight is 376 g/mol. The third-order valence-electron chi connectivity index (χ3n) is 5.70. The number of hydrogen-bond donors (Lipinski definition) is 1. The Kier molecular flexibility index (Phi) is 7.56. The lowest BCUT2D eigenvalue weighted by Gasteiger charge is -2.28. The Morgan fingerprint density at radius 1 is 1.04 bits per heavy atom. The molecular weight excluding hydrogens is 341 g/mol. The first kappa shape index (κ1) is 20.2. The zero-order valence-corrected chi connectivity index (χ0v) is 16.7. The van der Waals surface area contributed by atoms with Crippen LogP contribution in [0.3, 0.4) is 0 Å². The van der Waals surface area contributed by atoms with Crippen molar-refractivity contribution in [1.82, 2.24) is 14.9 Å². The number of nitrogens with two attached hydrogens (primary N) is 1. The van der Waals surface area contributed by atoms with Crippen LogP contribution >= 0.6 is 0 Å². The Hall–Kier alpha value is -1.56. The first-order valence-corrected chi connectivity index (χ1v) is 10.7. The normalized spacial score (nSPS) is 17.9. The number of likely N-dealkylation sites (tertiary alicyclic amines) is 1. The standard InChI is InChI=1S/C21H34FN5/c1-2-3-9-19-25-20-17(21(23)26-19)15-24-18(20)8-6-4-5-7-12-27-13-10-16(22)11-14-27/h16H,2-15H2,1H3,(H2,23,25,26). The monoisotopic (exact) mass is 375 g/mol. The van der Waals surface area contributed by atoms with Gasteiger partial charge in [0.15, 0.2) is 0 Å². The zero-order valence-electron chi connectivity index (χ0n) is 16.7. The van der Waals surface area contributed by atoms with Crippen molar-refractivity contribution in [2.45, 2.75) is 83.8 Å². The highest BCUT2D eigenvalue weighted by Gasteiger charge is 2.21. The number of nitrogens with zero attached hydrogens (tertiary/aromatic N) is 4. The molecule has 0 atom stereocenters. The molecule has 0 saturated carbocycles. The van der Waals surface area contributed by atoms with Crippen LogP contribution < -0.4 is 5.73 Å². The maximum atomic E-state index is 13.2. The first-order valence-electron chi connectivity index (χ1n) is 10.7. The summed E-state index contributed by atoms with van der Waals surface area (Å²) in [6.45, 7) is 5.77. The number of aromatic nitrogens is 2. The van der Waals surface area contributed by atoms with Crippen LogP contribution in [0.15, 0.2) is 4.99 Å². The van der Waals surface area contributed by atoms with Crippen molar-refractivity contribution in [2.24, 2.45) is 4.99 Å². The number of aliphatic imine (C=N–C) groups is 1. The molecule has 2 aliphatic rings. The summed E-state index contributed by atoms with van der Waals surface area (Å²) >= 11 is 0. The van der Waals surface area contributed by atoms with E-state index in [0.717, 1.165) is 74.5 Å². The highest BCUT2D eigenvalue weighted by molar-refractivity contribution is 6.02. The molecule has 1 aromatic rings. The average Bonchev–Trinajstić information content (AvgIpc) is 3.08. The fourth-order valence-corrected chi connectivity index (χ4v) is 3.94. The van der Waals surface area contributed by atoms with Crippen LogP contribution in [-0.4, -0.2) is 46.4 Å². The lowest BCUT2D eigenvalue weighted by molar-refractivity contribution is 0.149. The number of aryl methyl sites for hydroxylation is 1. The van der Waals surface area contributed by atoms with Crippen molar-refractivity contribution < 1.29 is 4.39 Å². The van der Waals surface area contributed by atoms with E-state index in [1.165, 1.54) is 19.3 Å². The van der Waals surface area contributed by atoms with Gasteiger partial charge in [-0.2, -0.15) is 0 Å². The van der Waals surface area contributed by atoms with Crippen LogP contribution in [0.25, 0.3) is 0 Å². The number of rotatable bonds is 10. The van der Waals surface area contributed by atoms with Gasteiger partial charge in [-0.05, 0) is 45.1 Å². The number of fused-ring (bicyclic) bond motifs is 1. The maximum Gasteiger partial charge on any atom is 0.132 e. The van der Waals surface area contributed by atoms with E-state index in [2.05, 4.69) is 21.8 Å². The molecule has 0 aromatic carbocycles. The first-order chi connectivity index (χ1) is 13.2. The molecule has 150 valence electrons. The Balaban J connectivity index is 1.38. The van der Waals surface area contributed by atoms with E-state index >= 15 is 0 Å². The van der Waals surface area contributed by atoms with Crippen LogP contribution in [0.4, 0.5) is 10.2 Å². The molecule has 0 aliphatic carbocycles. The molecule has 1 aromatic heterocycles. The van der Waals surface area contributed by atoms with Gasteiger partial charge >= 0.3 is 0 Å². The second kappa shape index (κ2) is 10.1. The fraction of sp³-hybridized carbons (Fsp3) is 0.762. The summed E-state index contributed by atoms with van der Waals surface area (Å²) in [5, 5.41) is 0. The van der Waals surface area contributed by atoms with E-state index in [-0.39, 0.29) is 0 Å². The van der Waals surface area contributed by atoms with Crippen LogP contribution in [0, 0.1) is 0 Å². The van der Waals surface area contributed by atoms with Gasteiger partial charge in [0.2, 0.25) is 0 Å². The number of hydrogen-bond acceptors (Lipinski definition) is 5. The van der Waals surface area contributed by atoms with Crippen molar-refractivity contribution in [3.8, 4) is 0 Å². The predicted molar refractivity (Wildman–Crippen MR) is 109 cm³/mol. The van der Waals surface area contributed by atoms with Gasteiger partial charge in [0.05, 0.1) is 18.0 Å². The summed E-state index contributed by atoms with van der Waals surface area (Å²) in [6.07, 6.45) is 9.72. The quantitative estimate of drug-likeness (QED) is 0.626. The van der Waals surface area contributed by atoms with Crippen molar-refractivity contribution in [3.63, 3.8) is 0 Å². The minimum atomic E-state index is -0.573. The summed E-state index contributed by atoms with van der Waals surface area (Å²) < 4.78 is 13.2. The minimum absolute atomic E-state index is 0.573. The van der Waals surface area contributed by atoms with Gasteiger partial charge in [0.25, 0.3) is 0 Å². The molecule has 1 saturated heterocycles. The van der Waals surface area contributed by atoms with E-state index in [0.29, 0.717) is 25.2 Å². The molecule has 0 amide bonds. The summed E-state index contributed by atoms with van der Waals surface area (Å²) in [4.78, 5) is 16.3. The van der Waals surface area contributed by atoms with E-state index in [4.69, 9.17) is 10.7 Å². The lowest BCUT2D eigenvalue weighted by atomic mass is 10.0. The molecule has 0 unspecified atom stereocenters. The Morgan fingerprint density at radius 3 is 2.59 bits per heavy atom. The highest BCUT2D eigenvalue weighted by atomic mass is 19.1. The van der Waals surface area contributed by atoms with Crippen molar-refractivity contribution in [3.05, 3.63) is 17.1 Å². The molecular formula is C21H34FN5. The van der Waals surface area contributed by atoms with Crippen molar-refractivity contribution in [1.29, 1.82) is 0 Å². The number of unbranched alkanes of at least 4 members (excludes halogenated alkanes) is 4. The molecule has 6 heteroatoms. The van der Waals surface area contributed by atoms with E-state index in [1.54, 1.807) is 0 Å². The highest BCUT2D eigenvalue weighted by Crippen LogP contribution is 2.25. The van der Waals surface area contributed by atoms with E-state index < -0.39 is 6.17 Å². The van der Waals surface area contributed by atoms with Crippen LogP contribution in [0.2, 0.25) is 0 Å². The summed E-state index contributed by atoms with van der Waals surface area (Å²) in [5.41, 5.74) is 9.26. The number of halogens is 1. The molecule has 0 radical (unpaired) electrons. The fourth-order valence-electron chi connectivity index (χ4n) is 3.94. The van der Waals surface area contributed by atoms with Crippen LogP contribution in [0.5, 0.6) is 0 Å². The molecule has 1 fully saturated rings. The summed E-state index contributed by atoms with van der Waals surface area (Å²) in [7, 11) is 0. The summed E-state index contributed by atoms with van der Waals surface area (Å²) in [6, 6.07) is 0. The number of alkyl halides is 1. The Labute approximate surface area is 162 Å². The molecule has 5 nitrogen and oxygen atoms in total. The smallest absolute Gasteiger partial charge is 0.132 e. The summed E-state index contributed by atoms with van der Waals surface area (Å²) in [5.74, 6) is 1.47. The van der Waals surface area contributed by atoms with Gasteiger partial charge in [-0.3, -0.25) is 4.99 Å². The number of piperidine rings is 1. The van der Waals surface area contributed by atoms with Gasteiger partial charge in [0, 0.05) is 25.1 Å².